The second kappa shape index (κ2) is 5.79. The summed E-state index contributed by atoms with van der Waals surface area (Å²) in [7, 11) is 0. The SMILES string of the molecule is ClC1CCCCC(c2ccnn2-c2ccccc2)C1. The van der Waals surface area contributed by atoms with Crippen LogP contribution in [-0.4, -0.2) is 15.2 Å². The molecule has 1 fully saturated rings. The van der Waals surface area contributed by atoms with Crippen molar-refractivity contribution in [2.75, 3.05) is 0 Å². The van der Waals surface area contributed by atoms with Gasteiger partial charge in [-0.05, 0) is 37.5 Å². The third-order valence-electron chi connectivity index (χ3n) is 3.95. The fourth-order valence-electron chi connectivity index (χ4n) is 2.98. The fourth-order valence-corrected chi connectivity index (χ4v) is 3.35. The normalized spacial score (nSPS) is 24.1. The van der Waals surface area contributed by atoms with E-state index in [1.54, 1.807) is 0 Å². The van der Waals surface area contributed by atoms with Crippen molar-refractivity contribution < 1.29 is 0 Å². The summed E-state index contributed by atoms with van der Waals surface area (Å²) < 4.78 is 2.07. The number of halogens is 1. The molecule has 0 N–H and O–H groups in total. The molecule has 0 spiro atoms. The standard InChI is InChI=1S/C16H19ClN2/c17-14-7-5-4-6-13(12-14)16-10-11-18-19(16)15-8-2-1-3-9-15/h1-3,8-11,13-14H,4-7,12H2. The second-order valence-corrected chi connectivity index (χ2v) is 5.94. The van der Waals surface area contributed by atoms with Crippen LogP contribution >= 0.6 is 11.6 Å². The maximum atomic E-state index is 6.40. The Hall–Kier alpha value is -1.28. The maximum absolute atomic E-state index is 6.40. The molecule has 0 radical (unpaired) electrons. The highest BCUT2D eigenvalue weighted by Gasteiger charge is 2.23. The van der Waals surface area contributed by atoms with Crippen LogP contribution in [0.15, 0.2) is 42.6 Å². The molecule has 2 aromatic rings. The Bertz CT molecular complexity index is 521. The number of rotatable bonds is 2. The van der Waals surface area contributed by atoms with Gasteiger partial charge in [-0.1, -0.05) is 31.0 Å². The van der Waals surface area contributed by atoms with Crippen molar-refractivity contribution >= 4 is 11.6 Å². The van der Waals surface area contributed by atoms with E-state index in [0.717, 1.165) is 18.5 Å². The van der Waals surface area contributed by atoms with Crippen LogP contribution in [0.1, 0.15) is 43.7 Å². The molecule has 2 unspecified atom stereocenters. The molecule has 0 bridgehead atoms. The number of para-hydroxylation sites is 1. The van der Waals surface area contributed by atoms with Gasteiger partial charge in [-0.3, -0.25) is 0 Å². The van der Waals surface area contributed by atoms with Crippen molar-refractivity contribution in [3.8, 4) is 5.69 Å². The lowest BCUT2D eigenvalue weighted by molar-refractivity contribution is 0.561. The number of hydrogen-bond acceptors (Lipinski definition) is 1. The quantitative estimate of drug-likeness (QED) is 0.581. The summed E-state index contributed by atoms with van der Waals surface area (Å²) in [6.07, 6.45) is 7.87. The van der Waals surface area contributed by atoms with Crippen LogP contribution in [-0.2, 0) is 0 Å². The van der Waals surface area contributed by atoms with Crippen molar-refractivity contribution in [3.63, 3.8) is 0 Å². The maximum Gasteiger partial charge on any atom is 0.0648 e. The molecule has 1 aromatic carbocycles. The zero-order valence-electron chi connectivity index (χ0n) is 11.0. The van der Waals surface area contributed by atoms with E-state index in [4.69, 9.17) is 11.6 Å². The highest BCUT2D eigenvalue weighted by molar-refractivity contribution is 6.20. The topological polar surface area (TPSA) is 17.8 Å². The summed E-state index contributed by atoms with van der Waals surface area (Å²) in [5, 5.41) is 4.80. The number of alkyl halides is 1. The van der Waals surface area contributed by atoms with Crippen molar-refractivity contribution in [1.82, 2.24) is 9.78 Å². The largest absolute Gasteiger partial charge is 0.238 e. The predicted molar refractivity (Wildman–Crippen MR) is 79.0 cm³/mol. The number of nitrogens with zero attached hydrogens (tertiary/aromatic N) is 2. The molecule has 1 aliphatic carbocycles. The predicted octanol–water partition coefficient (Wildman–Crippen LogP) is 4.53. The lowest BCUT2D eigenvalue weighted by Gasteiger charge is -2.18. The van der Waals surface area contributed by atoms with Crippen LogP contribution in [0.25, 0.3) is 5.69 Å². The van der Waals surface area contributed by atoms with Crippen molar-refractivity contribution in [3.05, 3.63) is 48.3 Å². The van der Waals surface area contributed by atoms with E-state index >= 15 is 0 Å². The minimum Gasteiger partial charge on any atom is -0.238 e. The summed E-state index contributed by atoms with van der Waals surface area (Å²) in [5.41, 5.74) is 2.44. The van der Waals surface area contributed by atoms with E-state index in [-0.39, 0.29) is 0 Å². The molecule has 1 heterocycles. The zero-order valence-corrected chi connectivity index (χ0v) is 11.8. The molecule has 2 atom stereocenters. The molecular weight excluding hydrogens is 256 g/mol. The summed E-state index contributed by atoms with van der Waals surface area (Å²) in [6, 6.07) is 12.5. The molecule has 3 rings (SSSR count). The highest BCUT2D eigenvalue weighted by Crippen LogP contribution is 2.34. The first-order valence-corrected chi connectivity index (χ1v) is 7.51. The van der Waals surface area contributed by atoms with Gasteiger partial charge in [0.1, 0.15) is 0 Å². The molecule has 1 aromatic heterocycles. The van der Waals surface area contributed by atoms with Crippen molar-refractivity contribution in [2.45, 2.75) is 43.4 Å². The monoisotopic (exact) mass is 274 g/mol. The van der Waals surface area contributed by atoms with Crippen LogP contribution in [0.3, 0.4) is 0 Å². The van der Waals surface area contributed by atoms with E-state index < -0.39 is 0 Å². The van der Waals surface area contributed by atoms with Crippen LogP contribution < -0.4 is 0 Å². The van der Waals surface area contributed by atoms with Crippen molar-refractivity contribution in [2.24, 2.45) is 0 Å². The Morgan fingerprint density at radius 2 is 1.84 bits per heavy atom. The molecule has 0 saturated heterocycles. The van der Waals surface area contributed by atoms with Gasteiger partial charge in [-0.15, -0.1) is 11.6 Å². The van der Waals surface area contributed by atoms with Crippen molar-refractivity contribution in [1.29, 1.82) is 0 Å². The lowest BCUT2D eigenvalue weighted by Crippen LogP contribution is -2.10. The van der Waals surface area contributed by atoms with Gasteiger partial charge in [0.2, 0.25) is 0 Å². The number of hydrogen-bond donors (Lipinski definition) is 0. The summed E-state index contributed by atoms with van der Waals surface area (Å²) in [4.78, 5) is 0. The van der Waals surface area contributed by atoms with Gasteiger partial charge in [-0.25, -0.2) is 4.68 Å². The minimum absolute atomic E-state index is 0.312. The Balaban J connectivity index is 1.91. The average molecular weight is 275 g/mol. The smallest absolute Gasteiger partial charge is 0.0648 e. The van der Waals surface area contributed by atoms with Gasteiger partial charge in [0, 0.05) is 23.2 Å². The molecule has 0 amide bonds. The van der Waals surface area contributed by atoms with Gasteiger partial charge < -0.3 is 0 Å². The van der Waals surface area contributed by atoms with E-state index in [0.29, 0.717) is 11.3 Å². The van der Waals surface area contributed by atoms with E-state index in [2.05, 4.69) is 40.1 Å². The Morgan fingerprint density at radius 1 is 1.05 bits per heavy atom. The average Bonchev–Trinajstić information content (AvgIpc) is 2.83. The molecule has 100 valence electrons. The highest BCUT2D eigenvalue weighted by atomic mass is 35.5. The first-order chi connectivity index (χ1) is 9.34. The zero-order chi connectivity index (χ0) is 13.1. The van der Waals surface area contributed by atoms with Crippen LogP contribution in [0.2, 0.25) is 0 Å². The van der Waals surface area contributed by atoms with Gasteiger partial charge in [0.25, 0.3) is 0 Å². The molecule has 0 aliphatic heterocycles. The summed E-state index contributed by atoms with van der Waals surface area (Å²) in [5.74, 6) is 0.535. The second-order valence-electron chi connectivity index (χ2n) is 5.32. The van der Waals surface area contributed by atoms with Crippen LogP contribution in [0, 0.1) is 0 Å². The van der Waals surface area contributed by atoms with E-state index in [9.17, 15) is 0 Å². The fraction of sp³-hybridized carbons (Fsp3) is 0.438. The van der Waals surface area contributed by atoms with E-state index in [1.807, 2.05) is 12.3 Å². The van der Waals surface area contributed by atoms with Gasteiger partial charge in [-0.2, -0.15) is 5.10 Å². The molecule has 2 nitrogen and oxygen atoms in total. The summed E-state index contributed by atoms with van der Waals surface area (Å²) >= 11 is 6.40. The molecular formula is C16H19ClN2. The molecule has 1 aliphatic rings. The van der Waals surface area contributed by atoms with Gasteiger partial charge >= 0.3 is 0 Å². The number of benzene rings is 1. The van der Waals surface area contributed by atoms with Gasteiger partial charge in [0.05, 0.1) is 5.69 Å². The third-order valence-corrected chi connectivity index (χ3v) is 4.35. The van der Waals surface area contributed by atoms with Crippen LogP contribution in [0.5, 0.6) is 0 Å². The first kappa shape index (κ1) is 12.7. The number of aromatic nitrogens is 2. The first-order valence-electron chi connectivity index (χ1n) is 7.08. The van der Waals surface area contributed by atoms with E-state index in [1.165, 1.54) is 25.0 Å². The molecule has 19 heavy (non-hydrogen) atoms. The third kappa shape index (κ3) is 2.84. The Morgan fingerprint density at radius 3 is 2.68 bits per heavy atom. The Kier molecular flexibility index (Phi) is 3.88. The lowest BCUT2D eigenvalue weighted by atomic mass is 9.96. The molecule has 1 saturated carbocycles. The van der Waals surface area contributed by atoms with Crippen LogP contribution in [0.4, 0.5) is 0 Å². The summed E-state index contributed by atoms with van der Waals surface area (Å²) in [6.45, 7) is 0. The Labute approximate surface area is 119 Å². The minimum atomic E-state index is 0.312. The van der Waals surface area contributed by atoms with Gasteiger partial charge in [0.15, 0.2) is 0 Å². The molecule has 3 heteroatoms.